The summed E-state index contributed by atoms with van der Waals surface area (Å²) in [5.41, 5.74) is -0.534. The third-order valence-electron chi connectivity index (χ3n) is 3.86. The van der Waals surface area contributed by atoms with Crippen molar-refractivity contribution in [2.24, 2.45) is 0 Å². The van der Waals surface area contributed by atoms with Gasteiger partial charge in [0, 0.05) is 6.54 Å². The van der Waals surface area contributed by atoms with Gasteiger partial charge in [-0.2, -0.15) is 0 Å². The normalized spacial score (nSPS) is 21.2. The lowest BCUT2D eigenvalue weighted by molar-refractivity contribution is -0.129. The zero-order valence-electron chi connectivity index (χ0n) is 14.6. The molecular formula is C18H30N2O3. The monoisotopic (exact) mass is 322 g/mol. The summed E-state index contributed by atoms with van der Waals surface area (Å²) < 4.78 is 5.35. The molecule has 0 aliphatic heterocycles. The zero-order chi connectivity index (χ0) is 17.5. The molecule has 1 saturated carbocycles. The third kappa shape index (κ3) is 6.47. The first kappa shape index (κ1) is 19.3. The van der Waals surface area contributed by atoms with Crippen molar-refractivity contribution in [2.75, 3.05) is 6.54 Å². The molecule has 0 bridgehead atoms. The Bertz CT molecular complexity index is 440. The van der Waals surface area contributed by atoms with Crippen LogP contribution < -0.4 is 5.32 Å². The molecule has 1 fully saturated rings. The average molecular weight is 322 g/mol. The summed E-state index contributed by atoms with van der Waals surface area (Å²) in [4.78, 5) is 26.1. The summed E-state index contributed by atoms with van der Waals surface area (Å²) in [6.07, 6.45) is 7.22. The van der Waals surface area contributed by atoms with Crippen molar-refractivity contribution < 1.29 is 14.3 Å². The molecule has 0 aromatic carbocycles. The molecule has 0 saturated heterocycles. The van der Waals surface area contributed by atoms with Gasteiger partial charge in [0.1, 0.15) is 5.60 Å². The fraction of sp³-hybridized carbons (Fsp3) is 0.667. The molecule has 2 amide bonds. The van der Waals surface area contributed by atoms with Crippen molar-refractivity contribution in [2.45, 2.75) is 70.6 Å². The fourth-order valence-corrected chi connectivity index (χ4v) is 2.90. The van der Waals surface area contributed by atoms with Gasteiger partial charge in [-0.05, 0) is 46.1 Å². The van der Waals surface area contributed by atoms with Crippen LogP contribution in [-0.4, -0.2) is 41.1 Å². The van der Waals surface area contributed by atoms with Crippen LogP contribution in [0, 0.1) is 0 Å². The first-order valence-electron chi connectivity index (χ1n) is 8.32. The van der Waals surface area contributed by atoms with Crippen molar-refractivity contribution >= 4 is 12.0 Å². The average Bonchev–Trinajstić information content (AvgIpc) is 2.46. The number of ether oxygens (including phenoxy) is 1. The molecule has 0 spiro atoms. The van der Waals surface area contributed by atoms with Gasteiger partial charge in [-0.25, -0.2) is 4.79 Å². The molecule has 2 unspecified atom stereocenters. The first-order chi connectivity index (χ1) is 10.8. The Morgan fingerprint density at radius 2 is 1.91 bits per heavy atom. The first-order valence-corrected chi connectivity index (χ1v) is 8.32. The summed E-state index contributed by atoms with van der Waals surface area (Å²) in [6.45, 7) is 13.4. The highest BCUT2D eigenvalue weighted by Crippen LogP contribution is 2.24. The number of nitrogens with one attached hydrogen (secondary N) is 1. The SMILES string of the molecule is C=CCCN(C(=O)C=C)C1CCCCC1NC(=O)OC(C)(C)C. The maximum absolute atomic E-state index is 12.2. The highest BCUT2D eigenvalue weighted by Gasteiger charge is 2.33. The van der Waals surface area contributed by atoms with Gasteiger partial charge in [0.25, 0.3) is 0 Å². The number of carbonyl (C=O) groups excluding carboxylic acids is 2. The van der Waals surface area contributed by atoms with Crippen molar-refractivity contribution in [3.05, 3.63) is 25.3 Å². The number of nitrogens with zero attached hydrogens (tertiary/aromatic N) is 1. The second kappa shape index (κ2) is 8.75. The van der Waals surface area contributed by atoms with E-state index < -0.39 is 11.7 Å². The number of carbonyl (C=O) groups is 2. The van der Waals surface area contributed by atoms with Gasteiger partial charge < -0.3 is 15.0 Å². The predicted molar refractivity (Wildman–Crippen MR) is 92.1 cm³/mol. The Labute approximate surface area is 139 Å². The van der Waals surface area contributed by atoms with E-state index in [1.54, 1.807) is 11.0 Å². The summed E-state index contributed by atoms with van der Waals surface area (Å²) in [6, 6.07) is -0.117. The number of amides is 2. The Morgan fingerprint density at radius 3 is 2.48 bits per heavy atom. The van der Waals surface area contributed by atoms with E-state index in [-0.39, 0.29) is 18.0 Å². The van der Waals surface area contributed by atoms with Crippen LogP contribution in [-0.2, 0) is 9.53 Å². The van der Waals surface area contributed by atoms with E-state index in [1.807, 2.05) is 20.8 Å². The largest absolute Gasteiger partial charge is 0.444 e. The van der Waals surface area contributed by atoms with E-state index in [4.69, 9.17) is 4.74 Å². The highest BCUT2D eigenvalue weighted by molar-refractivity contribution is 5.87. The minimum absolute atomic E-state index is 0.0262. The second-order valence-electron chi connectivity index (χ2n) is 6.92. The molecule has 5 heteroatoms. The van der Waals surface area contributed by atoms with E-state index in [2.05, 4.69) is 18.5 Å². The van der Waals surface area contributed by atoms with Crippen LogP contribution in [0.25, 0.3) is 0 Å². The van der Waals surface area contributed by atoms with Crippen molar-refractivity contribution in [1.82, 2.24) is 10.2 Å². The van der Waals surface area contributed by atoms with Crippen LogP contribution >= 0.6 is 0 Å². The quantitative estimate of drug-likeness (QED) is 0.602. The zero-order valence-corrected chi connectivity index (χ0v) is 14.6. The van der Waals surface area contributed by atoms with E-state index >= 15 is 0 Å². The van der Waals surface area contributed by atoms with Crippen LogP contribution in [0.2, 0.25) is 0 Å². The second-order valence-corrected chi connectivity index (χ2v) is 6.92. The molecule has 0 heterocycles. The smallest absolute Gasteiger partial charge is 0.407 e. The van der Waals surface area contributed by atoms with E-state index in [9.17, 15) is 9.59 Å². The van der Waals surface area contributed by atoms with Crippen LogP contribution in [0.5, 0.6) is 0 Å². The molecule has 1 N–H and O–H groups in total. The molecule has 2 atom stereocenters. The van der Waals surface area contributed by atoms with Gasteiger partial charge in [0.15, 0.2) is 0 Å². The van der Waals surface area contributed by atoms with Gasteiger partial charge in [-0.1, -0.05) is 25.5 Å². The molecule has 23 heavy (non-hydrogen) atoms. The molecule has 5 nitrogen and oxygen atoms in total. The summed E-state index contributed by atoms with van der Waals surface area (Å²) in [5, 5.41) is 2.95. The van der Waals surface area contributed by atoms with Crippen molar-refractivity contribution in [3.8, 4) is 0 Å². The van der Waals surface area contributed by atoms with Gasteiger partial charge >= 0.3 is 6.09 Å². The minimum Gasteiger partial charge on any atom is -0.444 e. The predicted octanol–water partition coefficient (Wildman–Crippen LogP) is 3.41. The van der Waals surface area contributed by atoms with Gasteiger partial charge in [0.05, 0.1) is 12.1 Å². The van der Waals surface area contributed by atoms with Crippen molar-refractivity contribution in [3.63, 3.8) is 0 Å². The Morgan fingerprint density at radius 1 is 1.26 bits per heavy atom. The Hall–Kier alpha value is -1.78. The molecule has 0 aromatic heterocycles. The van der Waals surface area contributed by atoms with E-state index in [0.717, 1.165) is 32.1 Å². The van der Waals surface area contributed by atoms with E-state index in [0.29, 0.717) is 6.54 Å². The topological polar surface area (TPSA) is 58.6 Å². The number of hydrogen-bond acceptors (Lipinski definition) is 3. The van der Waals surface area contributed by atoms with Gasteiger partial charge in [-0.15, -0.1) is 6.58 Å². The standard InChI is InChI=1S/C18H30N2O3/c1-6-8-13-20(16(21)7-2)15-12-10-9-11-14(15)19-17(22)23-18(3,4)5/h6-7,14-15H,1-2,8-13H2,3-5H3,(H,19,22). The van der Waals surface area contributed by atoms with Crippen LogP contribution in [0.3, 0.4) is 0 Å². The summed E-state index contributed by atoms with van der Waals surface area (Å²) in [7, 11) is 0. The number of hydrogen-bond donors (Lipinski definition) is 1. The molecule has 0 aromatic rings. The summed E-state index contributed by atoms with van der Waals surface area (Å²) in [5.74, 6) is -0.102. The maximum Gasteiger partial charge on any atom is 0.407 e. The fourth-order valence-electron chi connectivity index (χ4n) is 2.90. The molecule has 1 rings (SSSR count). The van der Waals surface area contributed by atoms with Crippen LogP contribution in [0.1, 0.15) is 52.9 Å². The molecular weight excluding hydrogens is 292 g/mol. The Kier molecular flexibility index (Phi) is 7.33. The lowest BCUT2D eigenvalue weighted by Gasteiger charge is -2.40. The highest BCUT2D eigenvalue weighted by atomic mass is 16.6. The van der Waals surface area contributed by atoms with E-state index in [1.165, 1.54) is 6.08 Å². The molecule has 1 aliphatic rings. The van der Waals surface area contributed by atoms with Crippen LogP contribution in [0.4, 0.5) is 4.79 Å². The van der Waals surface area contributed by atoms with Crippen molar-refractivity contribution in [1.29, 1.82) is 0 Å². The minimum atomic E-state index is -0.534. The lowest BCUT2D eigenvalue weighted by atomic mass is 9.89. The van der Waals surface area contributed by atoms with Gasteiger partial charge in [0.2, 0.25) is 5.91 Å². The lowest BCUT2D eigenvalue weighted by Crippen LogP contribution is -2.55. The third-order valence-corrected chi connectivity index (χ3v) is 3.86. The summed E-state index contributed by atoms with van der Waals surface area (Å²) >= 11 is 0. The maximum atomic E-state index is 12.2. The molecule has 130 valence electrons. The van der Waals surface area contributed by atoms with Gasteiger partial charge in [-0.3, -0.25) is 4.79 Å². The molecule has 1 aliphatic carbocycles. The Balaban J connectivity index is 2.81. The number of alkyl carbamates (subject to hydrolysis) is 1. The number of rotatable bonds is 6. The molecule has 0 radical (unpaired) electrons. The van der Waals surface area contributed by atoms with Crippen LogP contribution in [0.15, 0.2) is 25.3 Å².